The molecule has 1 aromatic heterocycles. The highest BCUT2D eigenvalue weighted by atomic mass is 32.2. The Labute approximate surface area is 260 Å². The summed E-state index contributed by atoms with van der Waals surface area (Å²) in [5, 5.41) is 3.77. The number of aromatic nitrogens is 1. The van der Waals surface area contributed by atoms with Crippen LogP contribution in [0.1, 0.15) is 52.5 Å². The first-order chi connectivity index (χ1) is 20.9. The normalized spacial score (nSPS) is 23.8. The number of sulfone groups is 1. The van der Waals surface area contributed by atoms with E-state index in [0.717, 1.165) is 23.7 Å². The number of nitrogens with one attached hydrogen (secondary N) is 1. The molecule has 0 radical (unpaired) electrons. The van der Waals surface area contributed by atoms with Crippen molar-refractivity contribution in [2.45, 2.75) is 70.6 Å². The number of para-hydroxylation sites is 1. The van der Waals surface area contributed by atoms with Gasteiger partial charge in [0.05, 0.1) is 22.8 Å². The maximum Gasteiger partial charge on any atom is 0.413 e. The van der Waals surface area contributed by atoms with E-state index in [-0.39, 0.29) is 52.7 Å². The van der Waals surface area contributed by atoms with E-state index in [2.05, 4.69) is 10.2 Å². The predicted octanol–water partition coefficient (Wildman–Crippen LogP) is 2.05. The van der Waals surface area contributed by atoms with Gasteiger partial charge in [-0.15, -0.1) is 0 Å². The molecule has 1 aromatic carbocycles. The topological polar surface area (TPSA) is 138 Å². The SMILES string of the molecule is CCS(=O)(=O)N1CCN(CCS(=O)(=O)CCN2[C@@H]3CC[C@H]2CC(NC(=O)Oc2cc4ccccc4n(C(C)C)c2=O)C3)CC1. The van der Waals surface area contributed by atoms with E-state index >= 15 is 0 Å². The molecule has 14 heteroatoms. The molecular weight excluding hydrogens is 606 g/mol. The number of carbonyl (C=O) groups is 1. The van der Waals surface area contributed by atoms with Crippen molar-refractivity contribution in [3.05, 3.63) is 40.7 Å². The molecule has 3 aliphatic rings. The third-order valence-electron chi connectivity index (χ3n) is 9.31. The molecule has 3 fully saturated rings. The number of ether oxygens (including phenoxy) is 1. The Balaban J connectivity index is 1.10. The average molecular weight is 652 g/mol. The Morgan fingerprint density at radius 1 is 0.977 bits per heavy atom. The zero-order valence-corrected chi connectivity index (χ0v) is 27.5. The first kappa shape index (κ1) is 32.9. The monoisotopic (exact) mass is 651 g/mol. The van der Waals surface area contributed by atoms with Crippen LogP contribution in [0.3, 0.4) is 0 Å². The Bertz CT molecular complexity index is 1600. The highest BCUT2D eigenvalue weighted by Crippen LogP contribution is 2.35. The smallest absolute Gasteiger partial charge is 0.404 e. The molecule has 0 saturated carbocycles. The fourth-order valence-electron chi connectivity index (χ4n) is 6.93. The van der Waals surface area contributed by atoms with Gasteiger partial charge in [0, 0.05) is 68.8 Å². The van der Waals surface area contributed by atoms with Crippen molar-refractivity contribution >= 4 is 36.9 Å². The summed E-state index contributed by atoms with van der Waals surface area (Å²) in [6.07, 6.45) is 2.65. The van der Waals surface area contributed by atoms with Crippen molar-refractivity contribution < 1.29 is 26.4 Å². The number of nitrogens with zero attached hydrogens (tertiary/aromatic N) is 4. The zero-order valence-electron chi connectivity index (χ0n) is 25.9. The third-order valence-corrected chi connectivity index (χ3v) is 12.8. The number of hydrogen-bond donors (Lipinski definition) is 1. The highest BCUT2D eigenvalue weighted by Gasteiger charge is 2.41. The number of carbonyl (C=O) groups excluding carboxylic acids is 1. The van der Waals surface area contributed by atoms with Crippen molar-refractivity contribution in [1.82, 2.24) is 24.0 Å². The van der Waals surface area contributed by atoms with E-state index in [9.17, 15) is 26.4 Å². The summed E-state index contributed by atoms with van der Waals surface area (Å²) in [4.78, 5) is 30.3. The van der Waals surface area contributed by atoms with E-state index in [1.165, 1.54) is 4.31 Å². The molecular formula is C30H45N5O7S2. The van der Waals surface area contributed by atoms with Crippen molar-refractivity contribution in [1.29, 1.82) is 0 Å². The molecule has 1 unspecified atom stereocenters. The second-order valence-corrected chi connectivity index (χ2v) is 17.0. The molecule has 5 rings (SSSR count). The number of pyridine rings is 1. The van der Waals surface area contributed by atoms with Gasteiger partial charge < -0.3 is 14.6 Å². The summed E-state index contributed by atoms with van der Waals surface area (Å²) in [5.41, 5.74) is 0.436. The molecule has 1 amide bonds. The lowest BCUT2D eigenvalue weighted by atomic mass is 9.97. The maximum absolute atomic E-state index is 13.1. The van der Waals surface area contributed by atoms with Crippen molar-refractivity contribution in [3.63, 3.8) is 0 Å². The van der Waals surface area contributed by atoms with Crippen LogP contribution in [0.5, 0.6) is 5.75 Å². The number of rotatable bonds is 11. The minimum atomic E-state index is -3.28. The van der Waals surface area contributed by atoms with Gasteiger partial charge >= 0.3 is 6.09 Å². The van der Waals surface area contributed by atoms with Gasteiger partial charge in [0.15, 0.2) is 15.6 Å². The van der Waals surface area contributed by atoms with Gasteiger partial charge in [-0.05, 0) is 58.6 Å². The fourth-order valence-corrected chi connectivity index (χ4v) is 9.24. The lowest BCUT2D eigenvalue weighted by Crippen LogP contribution is -2.52. The Hall–Kier alpha value is -2.52. The number of piperazine rings is 1. The Kier molecular flexibility index (Phi) is 10.0. The van der Waals surface area contributed by atoms with Crippen LogP contribution in [0.4, 0.5) is 4.79 Å². The van der Waals surface area contributed by atoms with E-state index < -0.39 is 26.0 Å². The maximum atomic E-state index is 13.1. The molecule has 0 spiro atoms. The van der Waals surface area contributed by atoms with Crippen LogP contribution in [0, 0.1) is 0 Å². The molecule has 1 N–H and O–H groups in total. The van der Waals surface area contributed by atoms with Crippen LogP contribution in [0.2, 0.25) is 0 Å². The Morgan fingerprint density at radius 3 is 2.25 bits per heavy atom. The van der Waals surface area contributed by atoms with Gasteiger partial charge in [-0.1, -0.05) is 18.2 Å². The third kappa shape index (κ3) is 7.47. The van der Waals surface area contributed by atoms with Gasteiger partial charge in [0.25, 0.3) is 5.56 Å². The molecule has 2 bridgehead atoms. The van der Waals surface area contributed by atoms with Gasteiger partial charge in [-0.2, -0.15) is 4.31 Å². The lowest BCUT2D eigenvalue weighted by Gasteiger charge is -2.39. The molecule has 12 nitrogen and oxygen atoms in total. The Morgan fingerprint density at radius 2 is 1.61 bits per heavy atom. The molecule has 4 heterocycles. The molecule has 0 aliphatic carbocycles. The number of fused-ring (bicyclic) bond motifs is 3. The van der Waals surface area contributed by atoms with Gasteiger partial charge in [-0.3, -0.25) is 14.6 Å². The van der Waals surface area contributed by atoms with Crippen LogP contribution < -0.4 is 15.6 Å². The van der Waals surface area contributed by atoms with Crippen molar-refractivity contribution in [2.75, 3.05) is 56.5 Å². The zero-order chi connectivity index (χ0) is 31.6. The average Bonchev–Trinajstić information content (AvgIpc) is 3.23. The van der Waals surface area contributed by atoms with E-state index in [4.69, 9.17) is 4.74 Å². The predicted molar refractivity (Wildman–Crippen MR) is 170 cm³/mol. The first-order valence-electron chi connectivity index (χ1n) is 15.7. The number of sulfonamides is 1. The highest BCUT2D eigenvalue weighted by molar-refractivity contribution is 7.91. The van der Waals surface area contributed by atoms with Crippen LogP contribution in [0.25, 0.3) is 10.9 Å². The molecule has 3 saturated heterocycles. The molecule has 3 atom stereocenters. The number of amides is 1. The summed E-state index contributed by atoms with van der Waals surface area (Å²) in [5.74, 6) is 0.203. The van der Waals surface area contributed by atoms with Crippen LogP contribution in [0.15, 0.2) is 35.1 Å². The van der Waals surface area contributed by atoms with Crippen LogP contribution in [-0.2, 0) is 19.9 Å². The van der Waals surface area contributed by atoms with E-state index in [1.54, 1.807) is 17.6 Å². The van der Waals surface area contributed by atoms with Gasteiger partial charge in [0.2, 0.25) is 10.0 Å². The standard InChI is InChI=1S/C30H45N5O7S2/c1-4-44(40,41)33-13-11-32(12-14-33)15-17-43(38,39)18-16-34-25-9-10-26(34)21-24(20-25)31-30(37)42-28-19-23-7-5-6-8-27(23)35(22(2)3)29(28)36/h5-8,19,22,24-26H,4,9-18,20-21H2,1-3H3,(H,31,37)/t24?,25-,26+. The second kappa shape index (κ2) is 13.5. The number of piperidine rings is 1. The molecule has 244 valence electrons. The van der Waals surface area contributed by atoms with Gasteiger partial charge in [0.1, 0.15) is 0 Å². The van der Waals surface area contributed by atoms with E-state index in [0.29, 0.717) is 52.1 Å². The summed E-state index contributed by atoms with van der Waals surface area (Å²) in [7, 11) is -6.49. The summed E-state index contributed by atoms with van der Waals surface area (Å²) >= 11 is 0. The molecule has 44 heavy (non-hydrogen) atoms. The number of hydrogen-bond acceptors (Lipinski definition) is 9. The minimum Gasteiger partial charge on any atom is -0.404 e. The summed E-state index contributed by atoms with van der Waals surface area (Å²) < 4.78 is 58.6. The summed E-state index contributed by atoms with van der Waals surface area (Å²) in [6.45, 7) is 8.20. The number of benzene rings is 1. The lowest BCUT2D eigenvalue weighted by molar-refractivity contribution is 0.121. The minimum absolute atomic E-state index is 0.00612. The first-order valence-corrected chi connectivity index (χ1v) is 19.1. The second-order valence-electron chi connectivity index (χ2n) is 12.5. The quantitative estimate of drug-likeness (QED) is 0.387. The largest absolute Gasteiger partial charge is 0.413 e. The van der Waals surface area contributed by atoms with Gasteiger partial charge in [-0.25, -0.2) is 21.6 Å². The summed E-state index contributed by atoms with van der Waals surface area (Å²) in [6, 6.07) is 9.26. The van der Waals surface area contributed by atoms with Crippen molar-refractivity contribution in [3.8, 4) is 5.75 Å². The molecule has 3 aliphatic heterocycles. The fraction of sp³-hybridized carbons (Fsp3) is 0.667. The molecule has 2 aromatic rings. The van der Waals surface area contributed by atoms with Crippen LogP contribution >= 0.6 is 0 Å². The van der Waals surface area contributed by atoms with Crippen LogP contribution in [-0.4, -0.2) is 116 Å². The van der Waals surface area contributed by atoms with Crippen molar-refractivity contribution in [2.24, 2.45) is 0 Å². The van der Waals surface area contributed by atoms with E-state index in [1.807, 2.05) is 43.0 Å².